The molecular formula is C8H14N8. The van der Waals surface area contributed by atoms with E-state index in [-0.39, 0.29) is 0 Å². The topological polar surface area (TPSA) is 97.6 Å². The molecule has 0 saturated carbocycles. The average Bonchev–Trinajstić information content (AvgIpc) is 2.96. The molecule has 86 valence electrons. The summed E-state index contributed by atoms with van der Waals surface area (Å²) in [6, 6.07) is 0. The lowest BCUT2D eigenvalue weighted by Crippen LogP contribution is -2.30. The highest BCUT2D eigenvalue weighted by molar-refractivity contribution is 6.16. The Morgan fingerprint density at radius 2 is 1.44 bits per heavy atom. The number of guanidine groups is 2. The van der Waals surface area contributed by atoms with Gasteiger partial charge in [-0.1, -0.05) is 0 Å². The van der Waals surface area contributed by atoms with Crippen molar-refractivity contribution in [1.82, 2.24) is 21.5 Å². The number of hydrogen-bond donors (Lipinski definition) is 4. The fraction of sp³-hybridized carbons (Fsp3) is 0.500. The number of aliphatic imine (C=N–C) groups is 2. The van der Waals surface area contributed by atoms with E-state index in [9.17, 15) is 0 Å². The maximum Gasteiger partial charge on any atom is 0.212 e. The summed E-state index contributed by atoms with van der Waals surface area (Å²) >= 11 is 0. The predicted octanol–water partition coefficient (Wildman–Crippen LogP) is -1.94. The molecule has 0 aliphatic carbocycles. The molecule has 2 aliphatic heterocycles. The van der Waals surface area contributed by atoms with E-state index in [1.165, 1.54) is 12.4 Å². The normalized spacial score (nSPS) is 19.5. The summed E-state index contributed by atoms with van der Waals surface area (Å²) in [5.74, 6) is 1.39. The average molecular weight is 222 g/mol. The van der Waals surface area contributed by atoms with Gasteiger partial charge in [0.2, 0.25) is 11.9 Å². The standard InChI is InChI=1S/C8H14N8/c1-2-10-7(9-1)15-13-5-6-14-16-8-11-3-4-12-8/h5-6H,1-4H2,(H2,9,10,15)(H2,11,12,16)/b13-5-,14-6+. The van der Waals surface area contributed by atoms with Gasteiger partial charge in [0.05, 0.1) is 25.5 Å². The molecule has 0 saturated heterocycles. The van der Waals surface area contributed by atoms with Crippen molar-refractivity contribution in [3.63, 3.8) is 0 Å². The van der Waals surface area contributed by atoms with Crippen molar-refractivity contribution in [2.75, 3.05) is 26.2 Å². The Morgan fingerprint density at radius 1 is 0.938 bits per heavy atom. The molecule has 0 atom stereocenters. The van der Waals surface area contributed by atoms with Crippen LogP contribution >= 0.6 is 0 Å². The molecule has 0 aromatic heterocycles. The van der Waals surface area contributed by atoms with Crippen LogP contribution in [-0.4, -0.2) is 50.5 Å². The van der Waals surface area contributed by atoms with Crippen molar-refractivity contribution in [3.8, 4) is 0 Å². The zero-order valence-electron chi connectivity index (χ0n) is 8.77. The van der Waals surface area contributed by atoms with Crippen LogP contribution in [-0.2, 0) is 0 Å². The van der Waals surface area contributed by atoms with Crippen LogP contribution in [0.5, 0.6) is 0 Å². The van der Waals surface area contributed by atoms with Gasteiger partial charge in [0.15, 0.2) is 0 Å². The molecule has 8 heteroatoms. The molecule has 0 aromatic rings. The first-order valence-corrected chi connectivity index (χ1v) is 5.08. The summed E-state index contributed by atoms with van der Waals surface area (Å²) in [5.41, 5.74) is 5.51. The molecule has 0 aromatic carbocycles. The van der Waals surface area contributed by atoms with Gasteiger partial charge in [-0.05, 0) is 0 Å². The Morgan fingerprint density at radius 3 is 1.81 bits per heavy atom. The van der Waals surface area contributed by atoms with Crippen LogP contribution in [0.1, 0.15) is 0 Å². The van der Waals surface area contributed by atoms with Crippen molar-refractivity contribution in [2.45, 2.75) is 0 Å². The summed E-state index contributed by atoms with van der Waals surface area (Å²) < 4.78 is 0. The number of hydrogen-bond acceptors (Lipinski definition) is 8. The van der Waals surface area contributed by atoms with Gasteiger partial charge >= 0.3 is 0 Å². The van der Waals surface area contributed by atoms with Crippen LogP contribution in [0.4, 0.5) is 0 Å². The lowest BCUT2D eigenvalue weighted by molar-refractivity contribution is 0.917. The Kier molecular flexibility index (Phi) is 3.70. The second-order valence-electron chi connectivity index (χ2n) is 3.09. The molecule has 8 nitrogen and oxygen atoms in total. The number of nitrogens with zero attached hydrogens (tertiary/aromatic N) is 4. The van der Waals surface area contributed by atoms with Gasteiger partial charge in [0, 0.05) is 13.1 Å². The quantitative estimate of drug-likeness (QED) is 0.330. The lowest BCUT2D eigenvalue weighted by atomic mass is 10.7. The minimum absolute atomic E-state index is 0.694. The van der Waals surface area contributed by atoms with Crippen LogP contribution in [0.3, 0.4) is 0 Å². The molecule has 0 amide bonds. The monoisotopic (exact) mass is 222 g/mol. The van der Waals surface area contributed by atoms with Gasteiger partial charge in [0.25, 0.3) is 0 Å². The molecule has 0 radical (unpaired) electrons. The van der Waals surface area contributed by atoms with Gasteiger partial charge in [-0.15, -0.1) is 0 Å². The van der Waals surface area contributed by atoms with Crippen molar-refractivity contribution < 1.29 is 0 Å². The Bertz CT molecular complexity index is 308. The Hall–Kier alpha value is -2.12. The smallest absolute Gasteiger partial charge is 0.212 e. The molecular weight excluding hydrogens is 208 g/mol. The van der Waals surface area contributed by atoms with E-state index >= 15 is 0 Å². The minimum atomic E-state index is 0.694. The first kappa shape index (κ1) is 10.4. The minimum Gasteiger partial charge on any atom is -0.353 e. The van der Waals surface area contributed by atoms with Crippen LogP contribution in [0, 0.1) is 0 Å². The molecule has 0 unspecified atom stereocenters. The SMILES string of the molecule is C(/C=N/NC1=NCCN1)=N/NC1=NCCN1. The molecule has 2 heterocycles. The Labute approximate surface area is 93.0 Å². The van der Waals surface area contributed by atoms with E-state index in [0.29, 0.717) is 11.9 Å². The summed E-state index contributed by atoms with van der Waals surface area (Å²) in [6.07, 6.45) is 3.07. The maximum atomic E-state index is 4.11. The second kappa shape index (κ2) is 5.69. The van der Waals surface area contributed by atoms with E-state index in [4.69, 9.17) is 0 Å². The Balaban J connectivity index is 1.62. The van der Waals surface area contributed by atoms with Gasteiger partial charge in [0.1, 0.15) is 0 Å². The summed E-state index contributed by atoms with van der Waals surface area (Å²) in [7, 11) is 0. The fourth-order valence-corrected chi connectivity index (χ4v) is 1.21. The number of rotatable bonds is 3. The molecule has 2 rings (SSSR count). The first-order valence-electron chi connectivity index (χ1n) is 5.08. The third kappa shape index (κ3) is 3.23. The largest absolute Gasteiger partial charge is 0.353 e. The highest BCUT2D eigenvalue weighted by atomic mass is 15.4. The molecule has 16 heavy (non-hydrogen) atoms. The molecule has 0 bridgehead atoms. The predicted molar refractivity (Wildman–Crippen MR) is 63.9 cm³/mol. The number of nitrogens with one attached hydrogen (secondary N) is 4. The van der Waals surface area contributed by atoms with E-state index in [0.717, 1.165) is 26.2 Å². The first-order chi connectivity index (χ1) is 7.95. The number of hydrazone groups is 2. The molecule has 2 aliphatic rings. The van der Waals surface area contributed by atoms with Crippen molar-refractivity contribution in [3.05, 3.63) is 0 Å². The van der Waals surface area contributed by atoms with Crippen LogP contribution < -0.4 is 21.5 Å². The summed E-state index contributed by atoms with van der Waals surface area (Å²) in [5, 5.41) is 13.9. The zero-order valence-corrected chi connectivity index (χ0v) is 8.77. The summed E-state index contributed by atoms with van der Waals surface area (Å²) in [4.78, 5) is 8.22. The van der Waals surface area contributed by atoms with E-state index in [1.54, 1.807) is 0 Å². The van der Waals surface area contributed by atoms with Crippen LogP contribution in [0.2, 0.25) is 0 Å². The summed E-state index contributed by atoms with van der Waals surface area (Å²) in [6.45, 7) is 3.30. The molecule has 0 spiro atoms. The highest BCUT2D eigenvalue weighted by Crippen LogP contribution is 1.80. The van der Waals surface area contributed by atoms with Crippen molar-refractivity contribution in [1.29, 1.82) is 0 Å². The van der Waals surface area contributed by atoms with E-state index < -0.39 is 0 Å². The second-order valence-corrected chi connectivity index (χ2v) is 3.09. The van der Waals surface area contributed by atoms with Crippen molar-refractivity contribution >= 4 is 24.3 Å². The lowest BCUT2D eigenvalue weighted by Gasteiger charge is -1.98. The maximum absolute atomic E-state index is 4.11. The third-order valence-corrected chi connectivity index (χ3v) is 1.90. The fourth-order valence-electron chi connectivity index (χ4n) is 1.21. The van der Waals surface area contributed by atoms with Crippen LogP contribution in [0.25, 0.3) is 0 Å². The molecule has 0 fully saturated rings. The van der Waals surface area contributed by atoms with Crippen LogP contribution in [0.15, 0.2) is 20.2 Å². The zero-order chi connectivity index (χ0) is 11.1. The van der Waals surface area contributed by atoms with Crippen molar-refractivity contribution in [2.24, 2.45) is 20.2 Å². The van der Waals surface area contributed by atoms with E-state index in [1.807, 2.05) is 0 Å². The van der Waals surface area contributed by atoms with E-state index in [2.05, 4.69) is 41.7 Å². The van der Waals surface area contributed by atoms with Gasteiger partial charge in [-0.25, -0.2) is 20.8 Å². The highest BCUT2D eigenvalue weighted by Gasteiger charge is 2.01. The third-order valence-electron chi connectivity index (χ3n) is 1.90. The van der Waals surface area contributed by atoms with Gasteiger partial charge in [-0.2, -0.15) is 10.2 Å². The van der Waals surface area contributed by atoms with Gasteiger partial charge < -0.3 is 10.6 Å². The molecule has 4 N–H and O–H groups in total. The van der Waals surface area contributed by atoms with Gasteiger partial charge in [-0.3, -0.25) is 0 Å².